The minimum absolute atomic E-state index is 0.355. The van der Waals surface area contributed by atoms with E-state index >= 15 is 0 Å². The van der Waals surface area contributed by atoms with Crippen molar-refractivity contribution in [2.24, 2.45) is 0 Å². The minimum Gasteiger partial charge on any atom is -0.393 e. The molecule has 60 valence electrons. The van der Waals surface area contributed by atoms with Crippen molar-refractivity contribution in [3.63, 3.8) is 0 Å². The molecule has 0 aromatic carbocycles. The molecule has 0 bridgehead atoms. The van der Waals surface area contributed by atoms with Gasteiger partial charge in [0.2, 0.25) is 0 Å². The number of rotatable bonds is 2. The second kappa shape index (κ2) is 2.94. The van der Waals surface area contributed by atoms with Gasteiger partial charge in [-0.3, -0.25) is 9.97 Å². The average Bonchev–Trinajstić information content (AvgIpc) is 2.06. The number of hydrogen-bond donors (Lipinski definition) is 2. The molecule has 4 nitrogen and oxygen atoms in total. The van der Waals surface area contributed by atoms with Crippen LogP contribution in [-0.4, -0.2) is 26.8 Å². The van der Waals surface area contributed by atoms with Crippen LogP contribution in [0.1, 0.15) is 12.6 Å². The van der Waals surface area contributed by atoms with E-state index in [2.05, 4.69) is 9.97 Å². The second-order valence-electron chi connectivity index (χ2n) is 2.52. The molecule has 4 heteroatoms. The SMILES string of the molecule is CC(O)(CO)c1cnccn1. The summed E-state index contributed by atoms with van der Waals surface area (Å²) in [5.41, 5.74) is -0.906. The van der Waals surface area contributed by atoms with Gasteiger partial charge in [-0.15, -0.1) is 0 Å². The van der Waals surface area contributed by atoms with E-state index in [-0.39, 0.29) is 6.61 Å². The lowest BCUT2D eigenvalue weighted by Crippen LogP contribution is -2.27. The van der Waals surface area contributed by atoms with Crippen LogP contribution in [0.15, 0.2) is 18.6 Å². The lowest BCUT2D eigenvalue weighted by Gasteiger charge is -2.18. The number of aromatic nitrogens is 2. The van der Waals surface area contributed by atoms with Crippen LogP contribution in [0.4, 0.5) is 0 Å². The highest BCUT2D eigenvalue weighted by Crippen LogP contribution is 2.14. The molecule has 0 spiro atoms. The molecular weight excluding hydrogens is 144 g/mol. The maximum absolute atomic E-state index is 9.44. The topological polar surface area (TPSA) is 66.2 Å². The third kappa shape index (κ3) is 1.72. The molecule has 0 saturated carbocycles. The number of hydrogen-bond acceptors (Lipinski definition) is 4. The molecule has 1 rings (SSSR count). The molecule has 1 aromatic heterocycles. The van der Waals surface area contributed by atoms with Gasteiger partial charge in [-0.05, 0) is 6.92 Å². The largest absolute Gasteiger partial charge is 0.393 e. The van der Waals surface area contributed by atoms with Crippen molar-refractivity contribution < 1.29 is 10.2 Å². The van der Waals surface area contributed by atoms with E-state index in [0.29, 0.717) is 5.69 Å². The number of aliphatic hydroxyl groups excluding tert-OH is 1. The Kier molecular flexibility index (Phi) is 2.16. The lowest BCUT2D eigenvalue weighted by atomic mass is 10.1. The third-order valence-electron chi connectivity index (χ3n) is 1.42. The highest BCUT2D eigenvalue weighted by atomic mass is 16.3. The van der Waals surface area contributed by atoms with Gasteiger partial charge in [0, 0.05) is 12.4 Å². The molecule has 0 aliphatic rings. The van der Waals surface area contributed by atoms with E-state index in [1.807, 2.05) is 0 Å². The Morgan fingerprint density at radius 2 is 2.27 bits per heavy atom. The Bertz CT molecular complexity index is 223. The molecular formula is C7H10N2O2. The summed E-state index contributed by atoms with van der Waals surface area (Å²) < 4.78 is 0. The Morgan fingerprint density at radius 3 is 2.73 bits per heavy atom. The van der Waals surface area contributed by atoms with Crippen molar-refractivity contribution in [1.82, 2.24) is 9.97 Å². The molecule has 1 atom stereocenters. The van der Waals surface area contributed by atoms with E-state index in [9.17, 15) is 5.11 Å². The Labute approximate surface area is 64.6 Å². The highest BCUT2D eigenvalue weighted by molar-refractivity contribution is 5.05. The second-order valence-corrected chi connectivity index (χ2v) is 2.52. The van der Waals surface area contributed by atoms with Crippen LogP contribution in [0.2, 0.25) is 0 Å². The van der Waals surface area contributed by atoms with E-state index in [0.717, 1.165) is 0 Å². The summed E-state index contributed by atoms with van der Waals surface area (Å²) in [4.78, 5) is 7.61. The first-order chi connectivity index (χ1) is 5.17. The molecule has 1 aromatic rings. The minimum atomic E-state index is -1.28. The monoisotopic (exact) mass is 154 g/mol. The van der Waals surface area contributed by atoms with Crippen molar-refractivity contribution in [1.29, 1.82) is 0 Å². The van der Waals surface area contributed by atoms with Gasteiger partial charge in [-0.25, -0.2) is 0 Å². The Hall–Kier alpha value is -1.00. The van der Waals surface area contributed by atoms with Crippen LogP contribution in [0.25, 0.3) is 0 Å². The van der Waals surface area contributed by atoms with Crippen LogP contribution >= 0.6 is 0 Å². The van der Waals surface area contributed by atoms with Gasteiger partial charge >= 0.3 is 0 Å². The van der Waals surface area contributed by atoms with E-state index in [1.54, 1.807) is 0 Å². The molecule has 0 fully saturated rings. The summed E-state index contributed by atoms with van der Waals surface area (Å²) in [7, 11) is 0. The summed E-state index contributed by atoms with van der Waals surface area (Å²) in [5.74, 6) is 0. The van der Waals surface area contributed by atoms with Crippen LogP contribution < -0.4 is 0 Å². The van der Waals surface area contributed by atoms with Gasteiger partial charge in [-0.2, -0.15) is 0 Å². The first kappa shape index (κ1) is 8.10. The van der Waals surface area contributed by atoms with Gasteiger partial charge in [0.25, 0.3) is 0 Å². The molecule has 0 aliphatic heterocycles. The quantitative estimate of drug-likeness (QED) is 0.612. The van der Waals surface area contributed by atoms with Gasteiger partial charge in [0.15, 0.2) is 0 Å². The highest BCUT2D eigenvalue weighted by Gasteiger charge is 2.23. The predicted octanol–water partition coefficient (Wildman–Crippen LogP) is -0.324. The number of nitrogens with zero attached hydrogens (tertiary/aromatic N) is 2. The molecule has 0 amide bonds. The molecule has 0 saturated heterocycles. The van der Waals surface area contributed by atoms with Crippen molar-refractivity contribution in [3.05, 3.63) is 24.3 Å². The van der Waals surface area contributed by atoms with Gasteiger partial charge < -0.3 is 10.2 Å². The van der Waals surface area contributed by atoms with E-state index in [1.165, 1.54) is 25.5 Å². The fraction of sp³-hybridized carbons (Fsp3) is 0.429. The van der Waals surface area contributed by atoms with Crippen LogP contribution in [0.5, 0.6) is 0 Å². The summed E-state index contributed by atoms with van der Waals surface area (Å²) >= 11 is 0. The zero-order valence-corrected chi connectivity index (χ0v) is 6.23. The summed E-state index contributed by atoms with van der Waals surface area (Å²) in [6, 6.07) is 0. The molecule has 1 unspecified atom stereocenters. The van der Waals surface area contributed by atoms with E-state index in [4.69, 9.17) is 5.11 Å². The average molecular weight is 154 g/mol. The third-order valence-corrected chi connectivity index (χ3v) is 1.42. The fourth-order valence-electron chi connectivity index (χ4n) is 0.658. The Morgan fingerprint density at radius 1 is 1.55 bits per heavy atom. The van der Waals surface area contributed by atoms with Crippen molar-refractivity contribution in [3.8, 4) is 0 Å². The van der Waals surface area contributed by atoms with E-state index < -0.39 is 5.60 Å². The van der Waals surface area contributed by atoms with Gasteiger partial charge in [0.1, 0.15) is 5.60 Å². The van der Waals surface area contributed by atoms with Crippen molar-refractivity contribution >= 4 is 0 Å². The first-order valence-electron chi connectivity index (χ1n) is 3.26. The van der Waals surface area contributed by atoms with Gasteiger partial charge in [0.05, 0.1) is 18.5 Å². The molecule has 0 aliphatic carbocycles. The summed E-state index contributed by atoms with van der Waals surface area (Å²) in [6.07, 6.45) is 4.41. The zero-order valence-electron chi connectivity index (χ0n) is 6.23. The predicted molar refractivity (Wildman–Crippen MR) is 38.7 cm³/mol. The lowest BCUT2D eigenvalue weighted by molar-refractivity contribution is -0.00615. The van der Waals surface area contributed by atoms with Crippen molar-refractivity contribution in [2.45, 2.75) is 12.5 Å². The van der Waals surface area contributed by atoms with Gasteiger partial charge in [-0.1, -0.05) is 0 Å². The molecule has 2 N–H and O–H groups in total. The maximum Gasteiger partial charge on any atom is 0.128 e. The molecule has 11 heavy (non-hydrogen) atoms. The normalized spacial score (nSPS) is 15.9. The fourth-order valence-corrected chi connectivity index (χ4v) is 0.658. The number of aliphatic hydroxyl groups is 2. The van der Waals surface area contributed by atoms with Crippen LogP contribution in [-0.2, 0) is 5.60 Å². The first-order valence-corrected chi connectivity index (χ1v) is 3.26. The maximum atomic E-state index is 9.44. The molecule has 1 heterocycles. The summed E-state index contributed by atoms with van der Waals surface area (Å²) in [5, 5.41) is 18.2. The van der Waals surface area contributed by atoms with Crippen LogP contribution in [0, 0.1) is 0 Å². The van der Waals surface area contributed by atoms with Crippen LogP contribution in [0.3, 0.4) is 0 Å². The van der Waals surface area contributed by atoms with Crippen molar-refractivity contribution in [2.75, 3.05) is 6.61 Å². The Balaban J connectivity index is 2.93. The summed E-state index contributed by atoms with van der Waals surface area (Å²) in [6.45, 7) is 1.13. The smallest absolute Gasteiger partial charge is 0.128 e. The molecule has 0 radical (unpaired) electrons. The standard InChI is InChI=1S/C7H10N2O2/c1-7(11,5-10)6-4-8-2-3-9-6/h2-4,10-11H,5H2,1H3. The zero-order chi connectivity index (χ0) is 8.32.